The third-order valence-corrected chi connectivity index (χ3v) is 6.37. The third kappa shape index (κ3) is 4.53. The summed E-state index contributed by atoms with van der Waals surface area (Å²) in [4.78, 5) is 12.3. The molecule has 1 saturated carbocycles. The maximum absolute atomic E-state index is 13.4. The number of aromatic nitrogens is 2. The van der Waals surface area contributed by atoms with Crippen LogP contribution in [0.2, 0.25) is 5.02 Å². The molecule has 140 valence electrons. The minimum atomic E-state index is -2.77. The van der Waals surface area contributed by atoms with Crippen LogP contribution < -0.4 is 5.32 Å². The van der Waals surface area contributed by atoms with E-state index in [1.807, 2.05) is 0 Å². The van der Waals surface area contributed by atoms with Gasteiger partial charge in [-0.05, 0) is 43.9 Å². The van der Waals surface area contributed by atoms with Crippen LogP contribution in [0.1, 0.15) is 54.2 Å². The van der Waals surface area contributed by atoms with Crippen LogP contribution in [0.25, 0.3) is 0 Å². The number of anilines is 1. The Labute approximate surface area is 164 Å². The molecule has 1 amide bonds. The van der Waals surface area contributed by atoms with Gasteiger partial charge in [-0.15, -0.1) is 11.7 Å². The molecule has 0 atom stereocenters. The lowest BCUT2D eigenvalue weighted by atomic mass is 9.95. The Kier molecular flexibility index (Phi) is 6.47. The first-order valence-electron chi connectivity index (χ1n) is 8.22. The third-order valence-electron chi connectivity index (χ3n) is 4.47. The van der Waals surface area contributed by atoms with E-state index in [0.29, 0.717) is 15.8 Å². The molecule has 0 bridgehead atoms. The number of rotatable bonds is 5. The zero-order valence-corrected chi connectivity index (χ0v) is 16.2. The molecule has 3 rings (SSSR count). The van der Waals surface area contributed by atoms with Gasteiger partial charge in [0.1, 0.15) is 0 Å². The van der Waals surface area contributed by atoms with Crippen LogP contribution in [-0.2, 0) is 0 Å². The Hall–Kier alpha value is -1.25. The second-order valence-corrected chi connectivity index (χ2v) is 8.16. The van der Waals surface area contributed by atoms with Crippen molar-refractivity contribution in [2.45, 2.75) is 43.4 Å². The number of benzene rings is 1. The topological polar surface area (TPSA) is 46.9 Å². The number of hydrogen-bond acceptors (Lipinski definition) is 4. The van der Waals surface area contributed by atoms with Crippen molar-refractivity contribution < 1.29 is 13.6 Å². The highest BCUT2D eigenvalue weighted by atomic mass is 35.5. The van der Waals surface area contributed by atoms with E-state index in [4.69, 9.17) is 11.6 Å². The van der Waals surface area contributed by atoms with Gasteiger partial charge >= 0.3 is 0 Å². The predicted octanol–water partition coefficient (Wildman–Crippen LogP) is 5.79. The largest absolute Gasteiger partial charge is 0.319 e. The molecule has 1 aliphatic rings. The molecule has 2 aromatic rings. The summed E-state index contributed by atoms with van der Waals surface area (Å²) in [5.41, 5.74) is -0.0708. The van der Waals surface area contributed by atoms with Crippen LogP contribution in [0.5, 0.6) is 0 Å². The summed E-state index contributed by atoms with van der Waals surface area (Å²) < 4.78 is 28.3. The average molecular weight is 418 g/mol. The summed E-state index contributed by atoms with van der Waals surface area (Å²) in [7, 11) is 1.54. The summed E-state index contributed by atoms with van der Waals surface area (Å²) in [6.07, 6.45) is 2.37. The summed E-state index contributed by atoms with van der Waals surface area (Å²) in [5, 5.41) is 7.48. The van der Waals surface area contributed by atoms with E-state index in [9.17, 15) is 13.6 Å². The summed E-state index contributed by atoms with van der Waals surface area (Å²) in [6.45, 7) is 0. The Morgan fingerprint density at radius 2 is 2.08 bits per heavy atom. The molecule has 0 unspecified atom stereocenters. The standard InChI is InChI=1S/C17H18ClF2N3OS2/c18-11-3-1-2-10(8-11)17(24)21-14-9-23(22-15(14)16(19)20)12-4-6-13(26-25)7-5-12/h1-3,8-9,12-13,16,25H,4-7H2,(H,21,24)/t12-,13-. The first kappa shape index (κ1) is 19.5. The van der Waals surface area contributed by atoms with Crippen LogP contribution >= 0.6 is 34.1 Å². The van der Waals surface area contributed by atoms with Gasteiger partial charge in [-0.3, -0.25) is 9.48 Å². The number of carbonyl (C=O) groups excluding carboxylic acids is 1. The highest BCUT2D eigenvalue weighted by molar-refractivity contribution is 8.68. The van der Waals surface area contributed by atoms with Crippen LogP contribution in [0.4, 0.5) is 14.5 Å². The second kappa shape index (κ2) is 8.63. The smallest absolute Gasteiger partial charge is 0.284 e. The highest BCUT2D eigenvalue weighted by Gasteiger charge is 2.26. The Morgan fingerprint density at radius 1 is 1.35 bits per heavy atom. The monoisotopic (exact) mass is 417 g/mol. The molecule has 1 aromatic carbocycles. The van der Waals surface area contributed by atoms with Gasteiger partial charge in [0.25, 0.3) is 12.3 Å². The lowest BCUT2D eigenvalue weighted by molar-refractivity contribution is 0.102. The molecule has 0 aliphatic heterocycles. The number of nitrogens with zero attached hydrogens (tertiary/aromatic N) is 2. The lowest BCUT2D eigenvalue weighted by Gasteiger charge is -2.27. The molecule has 0 radical (unpaired) electrons. The van der Waals surface area contributed by atoms with Gasteiger partial charge in [0.15, 0.2) is 5.69 Å². The summed E-state index contributed by atoms with van der Waals surface area (Å²) >= 11 is 10.1. The molecule has 1 N–H and O–H groups in total. The number of thiol groups is 1. The van der Waals surface area contributed by atoms with Crippen molar-refractivity contribution in [1.82, 2.24) is 9.78 Å². The Bertz CT molecular complexity index is 779. The molecule has 1 heterocycles. The number of halogens is 3. The Morgan fingerprint density at radius 3 is 2.69 bits per heavy atom. The van der Waals surface area contributed by atoms with Gasteiger partial charge in [-0.25, -0.2) is 8.78 Å². The van der Waals surface area contributed by atoms with Crippen molar-refractivity contribution in [3.63, 3.8) is 0 Å². The molecule has 0 saturated heterocycles. The van der Waals surface area contributed by atoms with Gasteiger partial charge in [0, 0.05) is 22.0 Å². The SMILES string of the molecule is O=C(Nc1cn([C@H]2CC[C@H](SS)CC2)nc1C(F)F)c1cccc(Cl)c1. The number of alkyl halides is 2. The fourth-order valence-corrected chi connectivity index (χ4v) is 4.40. The fourth-order valence-electron chi connectivity index (χ4n) is 3.09. The van der Waals surface area contributed by atoms with Gasteiger partial charge in [0.05, 0.1) is 11.7 Å². The molecule has 1 aromatic heterocycles. The Balaban J connectivity index is 1.78. The van der Waals surface area contributed by atoms with E-state index in [1.54, 1.807) is 33.7 Å². The van der Waals surface area contributed by atoms with Crippen molar-refractivity contribution in [2.75, 3.05) is 5.32 Å². The van der Waals surface area contributed by atoms with Gasteiger partial charge in [-0.1, -0.05) is 28.5 Å². The van der Waals surface area contributed by atoms with Gasteiger partial charge < -0.3 is 5.32 Å². The van der Waals surface area contributed by atoms with Gasteiger partial charge in [0.2, 0.25) is 0 Å². The molecule has 1 aliphatic carbocycles. The minimum absolute atomic E-state index is 0.0377. The molecular formula is C17H18ClF2N3OS2. The molecule has 9 heteroatoms. The van der Waals surface area contributed by atoms with Crippen LogP contribution in [-0.4, -0.2) is 20.9 Å². The van der Waals surface area contributed by atoms with E-state index in [-0.39, 0.29) is 11.7 Å². The van der Waals surface area contributed by atoms with E-state index in [2.05, 4.69) is 22.1 Å². The normalized spacial score (nSPS) is 20.3. The minimum Gasteiger partial charge on any atom is -0.319 e. The van der Waals surface area contributed by atoms with Crippen LogP contribution in [0.3, 0.4) is 0 Å². The van der Waals surface area contributed by atoms with E-state index < -0.39 is 18.0 Å². The molecular weight excluding hydrogens is 400 g/mol. The fraction of sp³-hybridized carbons (Fsp3) is 0.412. The maximum Gasteiger partial charge on any atom is 0.284 e. The van der Waals surface area contributed by atoms with E-state index in [0.717, 1.165) is 25.7 Å². The number of nitrogens with one attached hydrogen (secondary N) is 1. The average Bonchev–Trinajstić information content (AvgIpc) is 3.06. The molecule has 0 spiro atoms. The van der Waals surface area contributed by atoms with E-state index >= 15 is 0 Å². The van der Waals surface area contributed by atoms with Crippen molar-refractivity contribution in [2.24, 2.45) is 0 Å². The number of carbonyl (C=O) groups is 1. The van der Waals surface area contributed by atoms with Crippen molar-refractivity contribution in [1.29, 1.82) is 0 Å². The zero-order valence-electron chi connectivity index (χ0n) is 13.7. The predicted molar refractivity (Wildman–Crippen MR) is 104 cm³/mol. The quantitative estimate of drug-likeness (QED) is 0.478. The second-order valence-electron chi connectivity index (χ2n) is 6.21. The lowest BCUT2D eigenvalue weighted by Crippen LogP contribution is -2.19. The molecule has 4 nitrogen and oxygen atoms in total. The first-order valence-corrected chi connectivity index (χ1v) is 10.5. The summed E-state index contributed by atoms with van der Waals surface area (Å²) in [5.74, 6) is -0.496. The van der Waals surface area contributed by atoms with Crippen LogP contribution in [0.15, 0.2) is 30.5 Å². The molecule has 1 fully saturated rings. The number of hydrogen-bond donors (Lipinski definition) is 2. The van der Waals surface area contributed by atoms with Crippen LogP contribution in [0, 0.1) is 0 Å². The highest BCUT2D eigenvalue weighted by Crippen LogP contribution is 2.37. The molecule has 26 heavy (non-hydrogen) atoms. The van der Waals surface area contributed by atoms with Crippen molar-refractivity contribution >= 4 is 45.7 Å². The van der Waals surface area contributed by atoms with E-state index in [1.165, 1.54) is 12.3 Å². The first-order chi connectivity index (χ1) is 12.5. The maximum atomic E-state index is 13.4. The summed E-state index contributed by atoms with van der Waals surface area (Å²) in [6, 6.07) is 6.39. The zero-order chi connectivity index (χ0) is 18.7. The van der Waals surface area contributed by atoms with Crippen molar-refractivity contribution in [3.8, 4) is 0 Å². The number of amides is 1. The van der Waals surface area contributed by atoms with Gasteiger partial charge in [-0.2, -0.15) is 5.10 Å². The van der Waals surface area contributed by atoms with Crippen molar-refractivity contribution in [3.05, 3.63) is 46.7 Å².